The summed E-state index contributed by atoms with van der Waals surface area (Å²) >= 11 is 1.35. The van der Waals surface area contributed by atoms with Gasteiger partial charge in [-0.2, -0.15) is 0 Å². The van der Waals surface area contributed by atoms with Gasteiger partial charge in [0.15, 0.2) is 0 Å². The van der Waals surface area contributed by atoms with Crippen LogP contribution in [0, 0.1) is 12.8 Å². The van der Waals surface area contributed by atoms with E-state index in [0.29, 0.717) is 17.8 Å². The molecule has 0 aliphatic carbocycles. The number of nitrogens with one attached hydrogen (secondary N) is 1. The van der Waals surface area contributed by atoms with Crippen LogP contribution in [0.15, 0.2) is 6.20 Å². The monoisotopic (exact) mass is 256 g/mol. The van der Waals surface area contributed by atoms with Gasteiger partial charge in [-0.1, -0.05) is 6.92 Å². The molecule has 1 aromatic heterocycles. The molecule has 6 heteroatoms. The van der Waals surface area contributed by atoms with Crippen LogP contribution in [0.1, 0.15) is 34.4 Å². The van der Waals surface area contributed by atoms with E-state index >= 15 is 0 Å². The van der Waals surface area contributed by atoms with Crippen molar-refractivity contribution >= 4 is 23.2 Å². The lowest BCUT2D eigenvalue weighted by molar-refractivity contribution is -0.137. The first-order valence-corrected chi connectivity index (χ1v) is 6.23. The number of nitrogens with zero attached hydrogens (tertiary/aromatic N) is 1. The predicted octanol–water partition coefficient (Wildman–Crippen LogP) is 1.68. The highest BCUT2D eigenvalue weighted by Crippen LogP contribution is 2.11. The minimum atomic E-state index is -0.804. The Hall–Kier alpha value is -1.43. The molecule has 0 spiro atoms. The lowest BCUT2D eigenvalue weighted by atomic mass is 10.1. The number of aliphatic carboxylic acids is 1. The Kier molecular flexibility index (Phi) is 5.09. The van der Waals surface area contributed by atoms with Crippen molar-refractivity contribution in [1.29, 1.82) is 0 Å². The van der Waals surface area contributed by atoms with Crippen LogP contribution < -0.4 is 5.32 Å². The van der Waals surface area contributed by atoms with E-state index in [9.17, 15) is 9.59 Å². The van der Waals surface area contributed by atoms with E-state index in [1.807, 2.05) is 13.8 Å². The summed E-state index contributed by atoms with van der Waals surface area (Å²) in [5.74, 6) is -0.789. The van der Waals surface area contributed by atoms with Gasteiger partial charge in [-0.3, -0.25) is 9.59 Å². The first-order valence-electron chi connectivity index (χ1n) is 5.41. The maximum Gasteiger partial charge on any atom is 0.303 e. The molecule has 1 atom stereocenters. The standard InChI is InChI=1S/C11H16N2O3S/c1-7(3-4-10(14)15)5-13-11(16)9-6-12-8(2)17-9/h6-7H,3-5H2,1-2H3,(H,13,16)(H,14,15). The van der Waals surface area contributed by atoms with Crippen molar-refractivity contribution in [2.45, 2.75) is 26.7 Å². The highest BCUT2D eigenvalue weighted by Gasteiger charge is 2.11. The molecule has 1 heterocycles. The molecule has 0 aromatic carbocycles. The van der Waals surface area contributed by atoms with Crippen LogP contribution in [0.2, 0.25) is 0 Å². The summed E-state index contributed by atoms with van der Waals surface area (Å²) in [7, 11) is 0. The quantitative estimate of drug-likeness (QED) is 0.811. The zero-order valence-corrected chi connectivity index (χ0v) is 10.7. The van der Waals surface area contributed by atoms with Gasteiger partial charge in [0.25, 0.3) is 5.91 Å². The van der Waals surface area contributed by atoms with Crippen molar-refractivity contribution in [1.82, 2.24) is 10.3 Å². The number of carbonyl (C=O) groups excluding carboxylic acids is 1. The van der Waals surface area contributed by atoms with Gasteiger partial charge in [0.2, 0.25) is 0 Å². The van der Waals surface area contributed by atoms with E-state index in [1.54, 1.807) is 6.20 Å². The molecule has 1 amide bonds. The molecule has 0 bridgehead atoms. The van der Waals surface area contributed by atoms with Crippen molar-refractivity contribution in [3.8, 4) is 0 Å². The fraction of sp³-hybridized carbons (Fsp3) is 0.545. The van der Waals surface area contributed by atoms with Crippen LogP contribution in [0.25, 0.3) is 0 Å². The van der Waals surface area contributed by atoms with E-state index in [1.165, 1.54) is 11.3 Å². The van der Waals surface area contributed by atoms with Crippen LogP contribution in [-0.4, -0.2) is 28.5 Å². The summed E-state index contributed by atoms with van der Waals surface area (Å²) in [6.45, 7) is 4.25. The molecule has 1 rings (SSSR count). The molecule has 0 fully saturated rings. The lowest BCUT2D eigenvalue weighted by Gasteiger charge is -2.10. The third-order valence-corrected chi connectivity index (χ3v) is 3.22. The van der Waals surface area contributed by atoms with Crippen molar-refractivity contribution in [3.05, 3.63) is 16.1 Å². The Labute approximate surface area is 104 Å². The number of hydrogen-bond acceptors (Lipinski definition) is 4. The largest absolute Gasteiger partial charge is 0.481 e. The van der Waals surface area contributed by atoms with Crippen molar-refractivity contribution in [3.63, 3.8) is 0 Å². The summed E-state index contributed by atoms with van der Waals surface area (Å²) in [6.07, 6.45) is 2.26. The molecule has 0 saturated carbocycles. The second-order valence-corrected chi connectivity index (χ2v) is 5.23. The number of hydrogen-bond donors (Lipinski definition) is 2. The number of aromatic nitrogens is 1. The number of rotatable bonds is 6. The molecule has 0 saturated heterocycles. The van der Waals surface area contributed by atoms with Gasteiger partial charge in [0.1, 0.15) is 4.88 Å². The van der Waals surface area contributed by atoms with Gasteiger partial charge in [-0.05, 0) is 19.3 Å². The zero-order valence-electron chi connectivity index (χ0n) is 9.90. The number of aryl methyl sites for hydroxylation is 1. The lowest BCUT2D eigenvalue weighted by Crippen LogP contribution is -2.27. The predicted molar refractivity (Wildman–Crippen MR) is 65.2 cm³/mol. The Balaban J connectivity index is 2.30. The SMILES string of the molecule is Cc1ncc(C(=O)NCC(C)CCC(=O)O)s1. The minimum Gasteiger partial charge on any atom is -0.481 e. The third-order valence-electron chi connectivity index (χ3n) is 2.31. The molecular weight excluding hydrogens is 240 g/mol. The summed E-state index contributed by atoms with van der Waals surface area (Å²) in [6, 6.07) is 0. The van der Waals surface area contributed by atoms with Crippen LogP contribution in [0.4, 0.5) is 0 Å². The fourth-order valence-electron chi connectivity index (χ4n) is 1.29. The molecule has 94 valence electrons. The van der Waals surface area contributed by atoms with Gasteiger partial charge in [0, 0.05) is 13.0 Å². The van der Waals surface area contributed by atoms with Crippen LogP contribution >= 0.6 is 11.3 Å². The maximum absolute atomic E-state index is 11.6. The summed E-state index contributed by atoms with van der Waals surface area (Å²) in [5.41, 5.74) is 0. The summed E-state index contributed by atoms with van der Waals surface area (Å²) in [5, 5.41) is 12.2. The second kappa shape index (κ2) is 6.34. The highest BCUT2D eigenvalue weighted by atomic mass is 32.1. The minimum absolute atomic E-state index is 0.136. The summed E-state index contributed by atoms with van der Waals surface area (Å²) < 4.78 is 0. The molecule has 5 nitrogen and oxygen atoms in total. The van der Waals surface area contributed by atoms with Gasteiger partial charge >= 0.3 is 5.97 Å². The molecule has 17 heavy (non-hydrogen) atoms. The Morgan fingerprint density at radius 1 is 1.59 bits per heavy atom. The average Bonchev–Trinajstić information content (AvgIpc) is 2.70. The van der Waals surface area contributed by atoms with Crippen LogP contribution in [-0.2, 0) is 4.79 Å². The summed E-state index contributed by atoms with van der Waals surface area (Å²) in [4.78, 5) is 26.6. The highest BCUT2D eigenvalue weighted by molar-refractivity contribution is 7.13. The number of carboxylic acids is 1. The van der Waals surface area contributed by atoms with Gasteiger partial charge < -0.3 is 10.4 Å². The van der Waals surface area contributed by atoms with Crippen molar-refractivity contribution in [2.24, 2.45) is 5.92 Å². The first kappa shape index (κ1) is 13.6. The number of carbonyl (C=O) groups is 2. The molecule has 0 radical (unpaired) electrons. The van der Waals surface area contributed by atoms with Gasteiger partial charge in [0.05, 0.1) is 11.2 Å². The van der Waals surface area contributed by atoms with Gasteiger partial charge in [-0.25, -0.2) is 4.98 Å². The van der Waals surface area contributed by atoms with Crippen LogP contribution in [0.3, 0.4) is 0 Å². The first-order chi connectivity index (χ1) is 7.99. The number of thiazole rings is 1. The second-order valence-electron chi connectivity index (χ2n) is 3.99. The van der Waals surface area contributed by atoms with E-state index in [2.05, 4.69) is 10.3 Å². The number of carboxylic acid groups (broad SMARTS) is 1. The van der Waals surface area contributed by atoms with E-state index in [4.69, 9.17) is 5.11 Å². The smallest absolute Gasteiger partial charge is 0.303 e. The molecule has 0 aliphatic heterocycles. The fourth-order valence-corrected chi connectivity index (χ4v) is 1.99. The van der Waals surface area contributed by atoms with E-state index in [0.717, 1.165) is 5.01 Å². The molecular formula is C11H16N2O3S. The number of amides is 1. The Morgan fingerprint density at radius 2 is 2.29 bits per heavy atom. The van der Waals surface area contributed by atoms with Crippen LogP contribution in [0.5, 0.6) is 0 Å². The van der Waals surface area contributed by atoms with Gasteiger partial charge in [-0.15, -0.1) is 11.3 Å². The van der Waals surface area contributed by atoms with Crippen molar-refractivity contribution < 1.29 is 14.7 Å². The zero-order chi connectivity index (χ0) is 12.8. The average molecular weight is 256 g/mol. The third kappa shape index (κ3) is 4.95. The molecule has 0 aliphatic rings. The molecule has 2 N–H and O–H groups in total. The maximum atomic E-state index is 11.6. The molecule has 1 aromatic rings. The normalized spacial score (nSPS) is 12.1. The van der Waals surface area contributed by atoms with Crippen molar-refractivity contribution in [2.75, 3.05) is 6.54 Å². The van der Waals surface area contributed by atoms with E-state index < -0.39 is 5.97 Å². The Morgan fingerprint density at radius 3 is 2.82 bits per heavy atom. The topological polar surface area (TPSA) is 79.3 Å². The Bertz CT molecular complexity index is 403. The van der Waals surface area contributed by atoms with E-state index in [-0.39, 0.29) is 18.2 Å². The molecule has 1 unspecified atom stereocenters.